The molecule has 2 aromatic rings. The van der Waals surface area contributed by atoms with E-state index < -0.39 is 17.6 Å². The van der Waals surface area contributed by atoms with Crippen molar-refractivity contribution in [2.24, 2.45) is 5.10 Å². The zero-order chi connectivity index (χ0) is 18.4. The second-order valence-electron chi connectivity index (χ2n) is 5.10. The molecule has 0 saturated carbocycles. The van der Waals surface area contributed by atoms with E-state index in [-0.39, 0.29) is 17.7 Å². The summed E-state index contributed by atoms with van der Waals surface area (Å²) < 4.78 is 42.8. The van der Waals surface area contributed by atoms with E-state index in [0.29, 0.717) is 11.3 Å². The normalized spacial score (nSPS) is 11.5. The van der Waals surface area contributed by atoms with Gasteiger partial charge in [-0.05, 0) is 35.4 Å². The van der Waals surface area contributed by atoms with Crippen LogP contribution >= 0.6 is 0 Å². The Bertz CT molecular complexity index is 789. The predicted octanol–water partition coefficient (Wildman–Crippen LogP) is 3.11. The maximum atomic E-state index is 12.6. The minimum atomic E-state index is -4.46. The highest BCUT2D eigenvalue weighted by atomic mass is 19.4. The fourth-order valence-electron chi connectivity index (χ4n) is 2.05. The Hall–Kier alpha value is -3.03. The lowest BCUT2D eigenvalue weighted by Gasteiger charge is -2.08. The number of hydrogen-bond donors (Lipinski definition) is 2. The Balaban J connectivity index is 1.96. The zero-order valence-corrected chi connectivity index (χ0v) is 13.2. The number of methoxy groups -OCH3 is 1. The van der Waals surface area contributed by atoms with Crippen LogP contribution in [-0.2, 0) is 17.4 Å². The fourth-order valence-corrected chi connectivity index (χ4v) is 2.05. The second-order valence-corrected chi connectivity index (χ2v) is 5.10. The number of phenolic OH excluding ortho intramolecular Hbond substituents is 1. The summed E-state index contributed by atoms with van der Waals surface area (Å²) in [6.07, 6.45) is -3.40. The molecule has 0 unspecified atom stereocenters. The van der Waals surface area contributed by atoms with Crippen LogP contribution < -0.4 is 10.2 Å². The van der Waals surface area contributed by atoms with Crippen molar-refractivity contribution < 1.29 is 27.8 Å². The standard InChI is InChI=1S/C17H15F3N2O3/c1-25-15-6-5-12(8-14(15)23)10-21-22-16(24)9-11-3-2-4-13(7-11)17(18,19)20/h2-8,10,23H,9H2,1H3,(H,22,24)/b21-10-. The molecule has 1 amide bonds. The molecular weight excluding hydrogens is 337 g/mol. The van der Waals surface area contributed by atoms with Crippen LogP contribution in [0.5, 0.6) is 11.5 Å². The van der Waals surface area contributed by atoms with Gasteiger partial charge >= 0.3 is 6.18 Å². The van der Waals surface area contributed by atoms with Crippen LogP contribution in [0.4, 0.5) is 13.2 Å². The van der Waals surface area contributed by atoms with E-state index in [9.17, 15) is 23.1 Å². The number of halogens is 3. The third-order valence-electron chi connectivity index (χ3n) is 3.22. The second kappa shape index (κ2) is 7.69. The van der Waals surface area contributed by atoms with Crippen LogP contribution in [0.15, 0.2) is 47.6 Å². The molecule has 25 heavy (non-hydrogen) atoms. The summed E-state index contributed by atoms with van der Waals surface area (Å²) in [4.78, 5) is 11.8. The summed E-state index contributed by atoms with van der Waals surface area (Å²) in [5, 5.41) is 13.3. The quantitative estimate of drug-likeness (QED) is 0.642. The smallest absolute Gasteiger partial charge is 0.416 e. The third kappa shape index (κ3) is 5.23. The molecule has 5 nitrogen and oxygen atoms in total. The minimum Gasteiger partial charge on any atom is -0.504 e. The van der Waals surface area contributed by atoms with E-state index in [0.717, 1.165) is 12.1 Å². The molecule has 0 spiro atoms. The predicted molar refractivity (Wildman–Crippen MR) is 85.5 cm³/mol. The number of ether oxygens (including phenoxy) is 1. The maximum absolute atomic E-state index is 12.6. The molecule has 2 rings (SSSR count). The van der Waals surface area contributed by atoms with Gasteiger partial charge in [0, 0.05) is 0 Å². The zero-order valence-electron chi connectivity index (χ0n) is 13.2. The number of amides is 1. The van der Waals surface area contributed by atoms with Gasteiger partial charge in [-0.2, -0.15) is 18.3 Å². The summed E-state index contributed by atoms with van der Waals surface area (Å²) in [7, 11) is 1.41. The van der Waals surface area contributed by atoms with E-state index in [4.69, 9.17) is 4.74 Å². The molecule has 0 saturated heterocycles. The first-order valence-corrected chi connectivity index (χ1v) is 7.14. The summed E-state index contributed by atoms with van der Waals surface area (Å²) in [5.74, 6) is -0.346. The summed E-state index contributed by atoms with van der Waals surface area (Å²) >= 11 is 0. The van der Waals surface area contributed by atoms with Crippen molar-refractivity contribution in [2.75, 3.05) is 7.11 Å². The molecule has 2 N–H and O–H groups in total. The van der Waals surface area contributed by atoms with Crippen molar-refractivity contribution in [1.82, 2.24) is 5.43 Å². The summed E-state index contributed by atoms with van der Waals surface area (Å²) in [5.41, 5.74) is 2.15. The molecule has 0 atom stereocenters. The van der Waals surface area contributed by atoms with Crippen LogP contribution in [0, 0.1) is 0 Å². The summed E-state index contributed by atoms with van der Waals surface area (Å²) in [6.45, 7) is 0. The number of nitrogens with zero attached hydrogens (tertiary/aromatic N) is 1. The topological polar surface area (TPSA) is 70.9 Å². The van der Waals surface area contributed by atoms with Gasteiger partial charge in [0.2, 0.25) is 5.91 Å². The summed E-state index contributed by atoms with van der Waals surface area (Å²) in [6, 6.07) is 9.07. The Morgan fingerprint density at radius 1 is 1.28 bits per heavy atom. The number of carbonyl (C=O) groups is 1. The molecule has 0 aliphatic rings. The van der Waals surface area contributed by atoms with Gasteiger partial charge in [0.05, 0.1) is 25.3 Å². The molecule has 0 fully saturated rings. The lowest BCUT2D eigenvalue weighted by Crippen LogP contribution is -2.20. The van der Waals surface area contributed by atoms with E-state index in [2.05, 4.69) is 10.5 Å². The van der Waals surface area contributed by atoms with E-state index >= 15 is 0 Å². The van der Waals surface area contributed by atoms with Crippen molar-refractivity contribution in [3.63, 3.8) is 0 Å². The number of benzene rings is 2. The number of hydrazone groups is 1. The first-order valence-electron chi connectivity index (χ1n) is 7.14. The van der Waals surface area contributed by atoms with Crippen LogP contribution in [0.2, 0.25) is 0 Å². The van der Waals surface area contributed by atoms with Gasteiger partial charge in [0.1, 0.15) is 0 Å². The van der Waals surface area contributed by atoms with Crippen LogP contribution in [0.3, 0.4) is 0 Å². The van der Waals surface area contributed by atoms with Crippen LogP contribution in [0.25, 0.3) is 0 Å². The molecule has 0 radical (unpaired) electrons. The highest BCUT2D eigenvalue weighted by molar-refractivity contribution is 5.84. The molecule has 8 heteroatoms. The van der Waals surface area contributed by atoms with Gasteiger partial charge in [-0.15, -0.1) is 0 Å². The van der Waals surface area contributed by atoms with Gasteiger partial charge in [-0.1, -0.05) is 18.2 Å². The third-order valence-corrected chi connectivity index (χ3v) is 3.22. The Kier molecular flexibility index (Phi) is 5.63. The molecule has 0 heterocycles. The maximum Gasteiger partial charge on any atom is 0.416 e. The van der Waals surface area contributed by atoms with E-state index in [1.54, 1.807) is 6.07 Å². The van der Waals surface area contributed by atoms with E-state index in [1.165, 1.54) is 37.6 Å². The highest BCUT2D eigenvalue weighted by Gasteiger charge is 2.30. The van der Waals surface area contributed by atoms with Crippen molar-refractivity contribution in [1.29, 1.82) is 0 Å². The number of hydrogen-bond acceptors (Lipinski definition) is 4. The Morgan fingerprint density at radius 2 is 2.04 bits per heavy atom. The average Bonchev–Trinajstić information content (AvgIpc) is 2.54. The lowest BCUT2D eigenvalue weighted by molar-refractivity contribution is -0.137. The van der Waals surface area contributed by atoms with Crippen molar-refractivity contribution in [3.8, 4) is 11.5 Å². The molecule has 132 valence electrons. The molecule has 2 aromatic carbocycles. The van der Waals surface area contributed by atoms with Crippen LogP contribution in [0.1, 0.15) is 16.7 Å². The first-order chi connectivity index (χ1) is 11.8. The Morgan fingerprint density at radius 3 is 2.68 bits per heavy atom. The van der Waals surface area contributed by atoms with Gasteiger partial charge in [-0.3, -0.25) is 4.79 Å². The fraction of sp³-hybridized carbons (Fsp3) is 0.176. The van der Waals surface area contributed by atoms with Crippen molar-refractivity contribution in [3.05, 3.63) is 59.2 Å². The Labute approximate surface area is 141 Å². The lowest BCUT2D eigenvalue weighted by atomic mass is 10.1. The molecule has 0 aliphatic heterocycles. The number of rotatable bonds is 5. The van der Waals surface area contributed by atoms with Gasteiger partial charge < -0.3 is 9.84 Å². The number of nitrogens with one attached hydrogen (secondary N) is 1. The molecule has 0 aliphatic carbocycles. The molecular formula is C17H15F3N2O3. The SMILES string of the molecule is COc1ccc(/C=N\NC(=O)Cc2cccc(C(F)(F)F)c2)cc1O. The number of aromatic hydroxyl groups is 1. The molecule has 0 bridgehead atoms. The first kappa shape index (κ1) is 18.3. The number of phenols is 1. The van der Waals surface area contributed by atoms with E-state index in [1.807, 2.05) is 0 Å². The number of carbonyl (C=O) groups excluding carboxylic acids is 1. The van der Waals surface area contributed by atoms with Crippen molar-refractivity contribution >= 4 is 12.1 Å². The van der Waals surface area contributed by atoms with Crippen LogP contribution in [-0.4, -0.2) is 24.3 Å². The largest absolute Gasteiger partial charge is 0.504 e. The van der Waals surface area contributed by atoms with Gasteiger partial charge in [-0.25, -0.2) is 5.43 Å². The minimum absolute atomic E-state index is 0.0817. The number of alkyl halides is 3. The molecule has 0 aromatic heterocycles. The van der Waals surface area contributed by atoms with Gasteiger partial charge in [0.15, 0.2) is 11.5 Å². The highest BCUT2D eigenvalue weighted by Crippen LogP contribution is 2.29. The van der Waals surface area contributed by atoms with Gasteiger partial charge in [0.25, 0.3) is 0 Å². The van der Waals surface area contributed by atoms with Crippen molar-refractivity contribution in [2.45, 2.75) is 12.6 Å². The monoisotopic (exact) mass is 352 g/mol. The average molecular weight is 352 g/mol.